The van der Waals surface area contributed by atoms with E-state index in [4.69, 9.17) is 10.00 Å². The van der Waals surface area contributed by atoms with Crippen LogP contribution in [0, 0.1) is 29.1 Å². The summed E-state index contributed by atoms with van der Waals surface area (Å²) < 4.78 is 5.56. The monoisotopic (exact) mass is 317 g/mol. The van der Waals surface area contributed by atoms with E-state index in [9.17, 15) is 5.11 Å². The zero-order chi connectivity index (χ0) is 15.4. The number of benzene rings is 1. The highest BCUT2D eigenvalue weighted by atomic mass is 32.2. The number of ether oxygens (including phenoxy) is 1. The molecule has 4 unspecified atom stereocenters. The van der Waals surface area contributed by atoms with Gasteiger partial charge in [0.05, 0.1) is 17.7 Å². The number of thioether (sulfide) groups is 1. The highest BCUT2D eigenvalue weighted by molar-refractivity contribution is 7.99. The zero-order valence-electron chi connectivity index (χ0n) is 12.8. The SMILES string of the molecule is N#Cc1ccc(OCC(O)CSCC2CCC3CC3C2)cc1. The lowest BCUT2D eigenvalue weighted by Gasteiger charge is -2.21. The first-order valence-electron chi connectivity index (χ1n) is 8.13. The van der Waals surface area contributed by atoms with Crippen LogP contribution in [0.5, 0.6) is 5.75 Å². The fourth-order valence-electron chi connectivity index (χ4n) is 3.34. The highest BCUT2D eigenvalue weighted by Crippen LogP contribution is 2.51. The first-order chi connectivity index (χ1) is 10.7. The molecule has 0 radical (unpaired) electrons. The van der Waals surface area contributed by atoms with Gasteiger partial charge in [-0.3, -0.25) is 0 Å². The minimum Gasteiger partial charge on any atom is -0.491 e. The topological polar surface area (TPSA) is 53.2 Å². The van der Waals surface area contributed by atoms with Crippen molar-refractivity contribution in [3.8, 4) is 11.8 Å². The van der Waals surface area contributed by atoms with Gasteiger partial charge >= 0.3 is 0 Å². The number of hydrogen-bond acceptors (Lipinski definition) is 4. The first-order valence-corrected chi connectivity index (χ1v) is 9.29. The quantitative estimate of drug-likeness (QED) is 0.836. The molecule has 3 nitrogen and oxygen atoms in total. The summed E-state index contributed by atoms with van der Waals surface area (Å²) in [7, 11) is 0. The van der Waals surface area contributed by atoms with Gasteiger partial charge in [0.1, 0.15) is 12.4 Å². The van der Waals surface area contributed by atoms with E-state index in [1.165, 1.54) is 31.4 Å². The van der Waals surface area contributed by atoms with Gasteiger partial charge in [-0.25, -0.2) is 0 Å². The number of aliphatic hydroxyl groups excluding tert-OH is 1. The Balaban J connectivity index is 1.30. The molecule has 1 aromatic rings. The van der Waals surface area contributed by atoms with Crippen molar-refractivity contribution in [2.24, 2.45) is 17.8 Å². The summed E-state index contributed by atoms with van der Waals surface area (Å²) in [6.45, 7) is 0.314. The van der Waals surface area contributed by atoms with E-state index in [1.807, 2.05) is 11.8 Å². The smallest absolute Gasteiger partial charge is 0.119 e. The maximum Gasteiger partial charge on any atom is 0.119 e. The van der Waals surface area contributed by atoms with Crippen LogP contribution in [0.15, 0.2) is 24.3 Å². The summed E-state index contributed by atoms with van der Waals surface area (Å²) >= 11 is 1.86. The first kappa shape index (κ1) is 15.7. The van der Waals surface area contributed by atoms with Crippen molar-refractivity contribution in [2.75, 3.05) is 18.1 Å². The third-order valence-corrected chi connectivity index (χ3v) is 6.07. The molecule has 2 fully saturated rings. The molecular formula is C18H23NO2S. The molecule has 4 heteroatoms. The lowest BCUT2D eigenvalue weighted by molar-refractivity contribution is 0.126. The lowest BCUT2D eigenvalue weighted by atomic mass is 9.91. The maximum absolute atomic E-state index is 10.0. The van der Waals surface area contributed by atoms with Crippen LogP contribution < -0.4 is 4.74 Å². The van der Waals surface area contributed by atoms with Crippen molar-refractivity contribution >= 4 is 11.8 Å². The molecular weight excluding hydrogens is 294 g/mol. The summed E-state index contributed by atoms with van der Waals surface area (Å²) in [5.74, 6) is 5.57. The summed E-state index contributed by atoms with van der Waals surface area (Å²) in [6, 6.07) is 9.07. The minimum atomic E-state index is -0.432. The number of nitriles is 1. The third kappa shape index (κ3) is 4.41. The van der Waals surface area contributed by atoms with Crippen LogP contribution in [0.4, 0.5) is 0 Å². The van der Waals surface area contributed by atoms with Crippen molar-refractivity contribution < 1.29 is 9.84 Å². The number of hydrogen-bond donors (Lipinski definition) is 1. The Bertz CT molecular complexity index is 525. The maximum atomic E-state index is 10.0. The molecule has 118 valence electrons. The average molecular weight is 317 g/mol. The molecule has 0 aliphatic heterocycles. The Hall–Kier alpha value is -1.18. The molecule has 3 rings (SSSR count). The van der Waals surface area contributed by atoms with Crippen LogP contribution in [-0.2, 0) is 0 Å². The second-order valence-corrected chi connectivity index (χ2v) is 7.65. The largest absolute Gasteiger partial charge is 0.491 e. The van der Waals surface area contributed by atoms with Crippen LogP contribution in [0.1, 0.15) is 31.2 Å². The number of rotatable bonds is 7. The predicted octanol–water partition coefficient (Wildman–Crippen LogP) is 3.47. The van der Waals surface area contributed by atoms with Gasteiger partial charge in [-0.2, -0.15) is 17.0 Å². The summed E-state index contributed by atoms with van der Waals surface area (Å²) in [6.07, 6.45) is 5.27. The molecule has 0 amide bonds. The minimum absolute atomic E-state index is 0.314. The molecule has 1 N–H and O–H groups in total. The molecule has 0 spiro atoms. The van der Waals surface area contributed by atoms with Gasteiger partial charge in [0, 0.05) is 5.75 Å². The average Bonchev–Trinajstić information content (AvgIpc) is 3.32. The number of aliphatic hydroxyl groups is 1. The Morgan fingerprint density at radius 1 is 1.23 bits per heavy atom. The van der Waals surface area contributed by atoms with Crippen molar-refractivity contribution in [3.05, 3.63) is 29.8 Å². The summed E-state index contributed by atoms with van der Waals surface area (Å²) in [5.41, 5.74) is 0.619. The van der Waals surface area contributed by atoms with Gasteiger partial charge in [-0.05, 0) is 73.5 Å². The standard InChI is InChI=1S/C18H23NO2S/c19-9-13-2-5-18(6-3-13)21-10-17(20)12-22-11-14-1-4-15-8-16(15)7-14/h2-3,5-6,14-17,20H,1,4,7-8,10-12H2. The van der Waals surface area contributed by atoms with Crippen LogP contribution in [-0.4, -0.2) is 29.3 Å². The van der Waals surface area contributed by atoms with Crippen molar-refractivity contribution in [3.63, 3.8) is 0 Å². The van der Waals surface area contributed by atoms with Crippen molar-refractivity contribution in [1.29, 1.82) is 5.26 Å². The molecule has 0 saturated heterocycles. The van der Waals surface area contributed by atoms with Gasteiger partial charge < -0.3 is 9.84 Å². The molecule has 2 saturated carbocycles. The Morgan fingerprint density at radius 2 is 2.05 bits per heavy atom. The normalized spacial score (nSPS) is 27.5. The van der Waals surface area contributed by atoms with E-state index in [0.29, 0.717) is 17.9 Å². The third-order valence-electron chi connectivity index (χ3n) is 4.74. The molecule has 22 heavy (non-hydrogen) atoms. The Morgan fingerprint density at radius 3 is 2.77 bits per heavy atom. The zero-order valence-corrected chi connectivity index (χ0v) is 13.6. The van der Waals surface area contributed by atoms with Gasteiger partial charge in [-0.1, -0.05) is 0 Å². The van der Waals surface area contributed by atoms with Crippen LogP contribution in [0.3, 0.4) is 0 Å². The van der Waals surface area contributed by atoms with E-state index in [-0.39, 0.29) is 0 Å². The Labute approximate surface area is 136 Å². The van der Waals surface area contributed by atoms with Crippen molar-refractivity contribution in [2.45, 2.75) is 31.8 Å². The van der Waals surface area contributed by atoms with E-state index in [0.717, 1.165) is 23.5 Å². The van der Waals surface area contributed by atoms with Crippen LogP contribution in [0.2, 0.25) is 0 Å². The second-order valence-electron chi connectivity index (χ2n) is 6.57. The molecule has 2 aliphatic rings. The van der Waals surface area contributed by atoms with Gasteiger partial charge in [0.15, 0.2) is 0 Å². The lowest BCUT2D eigenvalue weighted by Crippen LogP contribution is -2.21. The van der Waals surface area contributed by atoms with E-state index in [1.54, 1.807) is 24.3 Å². The van der Waals surface area contributed by atoms with Crippen molar-refractivity contribution in [1.82, 2.24) is 0 Å². The predicted molar refractivity (Wildman–Crippen MR) is 88.9 cm³/mol. The number of fused-ring (bicyclic) bond motifs is 1. The Kier molecular flexibility index (Phi) is 5.28. The fraction of sp³-hybridized carbons (Fsp3) is 0.611. The molecule has 0 bridgehead atoms. The second kappa shape index (κ2) is 7.39. The summed E-state index contributed by atoms with van der Waals surface area (Å²) in [5, 5.41) is 18.7. The van der Waals surface area contributed by atoms with E-state index < -0.39 is 6.10 Å². The molecule has 1 aromatic carbocycles. The molecule has 0 heterocycles. The van der Waals surface area contributed by atoms with Gasteiger partial charge in [-0.15, -0.1) is 0 Å². The van der Waals surface area contributed by atoms with Gasteiger partial charge in [0.2, 0.25) is 0 Å². The van der Waals surface area contributed by atoms with Gasteiger partial charge in [0.25, 0.3) is 0 Å². The summed E-state index contributed by atoms with van der Waals surface area (Å²) in [4.78, 5) is 0. The van der Waals surface area contributed by atoms with E-state index >= 15 is 0 Å². The van der Waals surface area contributed by atoms with Crippen LogP contribution in [0.25, 0.3) is 0 Å². The molecule has 0 aromatic heterocycles. The highest BCUT2D eigenvalue weighted by Gasteiger charge is 2.41. The molecule has 4 atom stereocenters. The molecule has 2 aliphatic carbocycles. The van der Waals surface area contributed by atoms with E-state index in [2.05, 4.69) is 6.07 Å². The fourth-order valence-corrected chi connectivity index (χ4v) is 4.48. The number of nitrogens with zero attached hydrogens (tertiary/aromatic N) is 1. The van der Waals surface area contributed by atoms with Crippen LogP contribution >= 0.6 is 11.8 Å².